The number of benzene rings is 1. The number of carboxylic acid groups (broad SMARTS) is 1. The van der Waals surface area contributed by atoms with Gasteiger partial charge in [0.05, 0.1) is 5.56 Å². The van der Waals surface area contributed by atoms with Gasteiger partial charge in [0, 0.05) is 25.8 Å². The lowest BCUT2D eigenvalue weighted by molar-refractivity contribution is -0.137. The van der Waals surface area contributed by atoms with Crippen LogP contribution in [0.15, 0.2) is 42.6 Å². The highest BCUT2D eigenvalue weighted by Gasteiger charge is 2.20. The van der Waals surface area contributed by atoms with Crippen molar-refractivity contribution in [2.45, 2.75) is 32.2 Å². The van der Waals surface area contributed by atoms with Crippen molar-refractivity contribution in [3.63, 3.8) is 0 Å². The molecular weight excluding hydrogens is 361 g/mol. The largest absolute Gasteiger partial charge is 0.480 e. The molecule has 0 spiro atoms. The lowest BCUT2D eigenvalue weighted by Crippen LogP contribution is -2.35. The third-order valence-corrected chi connectivity index (χ3v) is 4.82. The van der Waals surface area contributed by atoms with Crippen LogP contribution in [0.5, 0.6) is 0 Å². The van der Waals surface area contributed by atoms with Crippen molar-refractivity contribution in [1.29, 1.82) is 0 Å². The zero-order valence-electron chi connectivity index (χ0n) is 15.7. The zero-order valence-corrected chi connectivity index (χ0v) is 15.7. The fraction of sp³-hybridized carbons (Fsp3) is 0.381. The summed E-state index contributed by atoms with van der Waals surface area (Å²) in [7, 11) is 0. The van der Waals surface area contributed by atoms with E-state index in [0.717, 1.165) is 31.7 Å². The molecule has 1 aliphatic rings. The Morgan fingerprint density at radius 1 is 1.04 bits per heavy atom. The van der Waals surface area contributed by atoms with Crippen molar-refractivity contribution < 1.29 is 19.1 Å². The Morgan fingerprint density at radius 3 is 2.29 bits per heavy atom. The maximum absolute atomic E-state index is 13.1. The van der Waals surface area contributed by atoms with Crippen LogP contribution in [0.1, 0.15) is 41.6 Å². The lowest BCUT2D eigenvalue weighted by atomic mass is 10.1. The Labute approximate surface area is 163 Å². The third-order valence-electron chi connectivity index (χ3n) is 4.82. The summed E-state index contributed by atoms with van der Waals surface area (Å²) in [6, 6.07) is 9.16. The van der Waals surface area contributed by atoms with Gasteiger partial charge in [-0.2, -0.15) is 0 Å². The highest BCUT2D eigenvalue weighted by molar-refractivity contribution is 5.95. The summed E-state index contributed by atoms with van der Waals surface area (Å²) in [4.78, 5) is 31.9. The second-order valence-electron chi connectivity index (χ2n) is 6.99. The second-order valence-corrected chi connectivity index (χ2v) is 6.99. The minimum atomic E-state index is -1.11. The molecule has 1 aliphatic heterocycles. The average Bonchev–Trinajstić information content (AvgIpc) is 2.98. The minimum Gasteiger partial charge on any atom is -0.480 e. The van der Waals surface area contributed by atoms with Crippen LogP contribution in [0.2, 0.25) is 0 Å². The summed E-state index contributed by atoms with van der Waals surface area (Å²) in [6.45, 7) is 1.55. The van der Waals surface area contributed by atoms with E-state index in [-0.39, 0.29) is 12.4 Å². The second kappa shape index (κ2) is 9.30. The first kappa shape index (κ1) is 19.8. The maximum atomic E-state index is 13.1. The summed E-state index contributed by atoms with van der Waals surface area (Å²) in [5.74, 6) is -1.07. The number of nitrogens with zero attached hydrogens (tertiary/aromatic N) is 3. The van der Waals surface area contributed by atoms with Crippen LogP contribution in [0.4, 0.5) is 10.2 Å². The first-order valence-electron chi connectivity index (χ1n) is 9.49. The molecule has 7 heteroatoms. The summed E-state index contributed by atoms with van der Waals surface area (Å²) in [5, 5.41) is 9.17. The number of aliphatic carboxylic acids is 1. The number of hydrogen-bond acceptors (Lipinski definition) is 4. The lowest BCUT2D eigenvalue weighted by Gasteiger charge is -2.23. The molecule has 0 aliphatic carbocycles. The summed E-state index contributed by atoms with van der Waals surface area (Å²) in [5.41, 5.74) is 0.993. The fourth-order valence-electron chi connectivity index (χ4n) is 3.35. The number of rotatable bonds is 6. The van der Waals surface area contributed by atoms with E-state index in [1.54, 1.807) is 6.07 Å². The van der Waals surface area contributed by atoms with E-state index in [1.807, 2.05) is 6.07 Å². The van der Waals surface area contributed by atoms with E-state index in [4.69, 9.17) is 5.11 Å². The molecule has 1 fully saturated rings. The third kappa shape index (κ3) is 5.28. The smallest absolute Gasteiger partial charge is 0.323 e. The molecule has 6 nitrogen and oxygen atoms in total. The molecule has 0 radical (unpaired) electrons. The number of aromatic nitrogens is 1. The van der Waals surface area contributed by atoms with Gasteiger partial charge in [0.25, 0.3) is 5.91 Å². The summed E-state index contributed by atoms with van der Waals surface area (Å²) < 4.78 is 13.1. The van der Waals surface area contributed by atoms with Crippen molar-refractivity contribution in [2.75, 3.05) is 24.5 Å². The van der Waals surface area contributed by atoms with Gasteiger partial charge < -0.3 is 14.9 Å². The van der Waals surface area contributed by atoms with E-state index in [9.17, 15) is 14.0 Å². The van der Waals surface area contributed by atoms with E-state index in [1.165, 1.54) is 48.2 Å². The van der Waals surface area contributed by atoms with E-state index < -0.39 is 18.4 Å². The zero-order chi connectivity index (χ0) is 19.9. The molecule has 2 aromatic rings. The van der Waals surface area contributed by atoms with Crippen LogP contribution in [0.25, 0.3) is 0 Å². The molecule has 0 atom stereocenters. The maximum Gasteiger partial charge on any atom is 0.323 e. The van der Waals surface area contributed by atoms with E-state index >= 15 is 0 Å². The van der Waals surface area contributed by atoms with Gasteiger partial charge >= 0.3 is 5.97 Å². The molecule has 28 heavy (non-hydrogen) atoms. The van der Waals surface area contributed by atoms with Gasteiger partial charge in [0.2, 0.25) is 0 Å². The number of carbonyl (C=O) groups excluding carboxylic acids is 1. The van der Waals surface area contributed by atoms with Crippen LogP contribution in [-0.2, 0) is 11.3 Å². The molecular formula is C21H24FN3O3. The summed E-state index contributed by atoms with van der Waals surface area (Å²) in [6.07, 6.45) is 6.21. The Hall–Kier alpha value is -2.96. The SMILES string of the molecule is O=C(O)CN(Cc1ccc(F)cc1)C(=O)c1ccc(N2CCCCCC2)nc1. The van der Waals surface area contributed by atoms with E-state index in [0.29, 0.717) is 11.1 Å². The molecule has 1 aromatic heterocycles. The molecule has 1 saturated heterocycles. The highest BCUT2D eigenvalue weighted by atomic mass is 19.1. The summed E-state index contributed by atoms with van der Waals surface area (Å²) >= 11 is 0. The van der Waals surface area contributed by atoms with Crippen LogP contribution in [0.3, 0.4) is 0 Å². The highest BCUT2D eigenvalue weighted by Crippen LogP contribution is 2.18. The predicted molar refractivity (Wildman–Crippen MR) is 104 cm³/mol. The van der Waals surface area contributed by atoms with Gasteiger partial charge in [-0.05, 0) is 42.7 Å². The first-order chi connectivity index (χ1) is 13.5. The molecule has 0 saturated carbocycles. The van der Waals surface area contributed by atoms with Gasteiger partial charge in [0.15, 0.2) is 0 Å². The standard InChI is InChI=1S/C21H24FN3O3/c22-18-8-5-16(6-9-18)14-25(15-20(26)27)21(28)17-7-10-19(23-13-17)24-11-3-1-2-4-12-24/h5-10,13H,1-4,11-12,14-15H2,(H,26,27). The van der Waals surface area contributed by atoms with Gasteiger partial charge in [0.1, 0.15) is 18.2 Å². The molecule has 2 heterocycles. The van der Waals surface area contributed by atoms with Crippen molar-refractivity contribution in [2.24, 2.45) is 0 Å². The molecule has 1 amide bonds. The topological polar surface area (TPSA) is 73.7 Å². The predicted octanol–water partition coefficient (Wildman–Crippen LogP) is 3.33. The fourth-order valence-corrected chi connectivity index (χ4v) is 3.35. The molecule has 0 bridgehead atoms. The van der Waals surface area contributed by atoms with Gasteiger partial charge in [-0.3, -0.25) is 9.59 Å². The molecule has 148 valence electrons. The Balaban J connectivity index is 1.73. The Kier molecular flexibility index (Phi) is 6.57. The van der Waals surface area contributed by atoms with Gasteiger partial charge in [-0.1, -0.05) is 25.0 Å². The van der Waals surface area contributed by atoms with Crippen LogP contribution in [0, 0.1) is 5.82 Å². The van der Waals surface area contributed by atoms with Crippen molar-refractivity contribution in [1.82, 2.24) is 9.88 Å². The Bertz CT molecular complexity index is 801. The van der Waals surface area contributed by atoms with Crippen molar-refractivity contribution in [3.05, 3.63) is 59.5 Å². The average molecular weight is 385 g/mol. The van der Waals surface area contributed by atoms with Gasteiger partial charge in [-0.25, -0.2) is 9.37 Å². The number of pyridine rings is 1. The van der Waals surface area contributed by atoms with Crippen LogP contribution in [-0.4, -0.2) is 46.5 Å². The number of amides is 1. The number of carbonyl (C=O) groups is 2. The van der Waals surface area contributed by atoms with Crippen molar-refractivity contribution >= 4 is 17.7 Å². The number of halogens is 1. The number of anilines is 1. The molecule has 3 rings (SSSR count). The van der Waals surface area contributed by atoms with Gasteiger partial charge in [-0.15, -0.1) is 0 Å². The Morgan fingerprint density at radius 2 is 1.71 bits per heavy atom. The first-order valence-corrected chi connectivity index (χ1v) is 9.49. The van der Waals surface area contributed by atoms with Crippen LogP contribution >= 0.6 is 0 Å². The number of carboxylic acids is 1. The molecule has 1 N–H and O–H groups in total. The quantitative estimate of drug-likeness (QED) is 0.826. The minimum absolute atomic E-state index is 0.0826. The molecule has 1 aromatic carbocycles. The van der Waals surface area contributed by atoms with E-state index in [2.05, 4.69) is 9.88 Å². The molecule has 0 unspecified atom stereocenters. The monoisotopic (exact) mass is 385 g/mol. The van der Waals surface area contributed by atoms with Crippen LogP contribution < -0.4 is 4.90 Å². The number of hydrogen-bond donors (Lipinski definition) is 1. The normalized spacial score (nSPS) is 14.4. The van der Waals surface area contributed by atoms with Crippen molar-refractivity contribution in [3.8, 4) is 0 Å².